The third kappa shape index (κ3) is 3.40. The monoisotopic (exact) mass is 219 g/mol. The number of hydrogen-bond acceptors (Lipinski definition) is 4. The molecule has 0 aromatic carbocycles. The highest BCUT2D eigenvalue weighted by Crippen LogP contribution is 2.00. The lowest BCUT2D eigenvalue weighted by Gasteiger charge is -1.98. The third-order valence-corrected chi connectivity index (χ3v) is 1.60. The molecule has 1 aromatic rings. The van der Waals surface area contributed by atoms with E-state index in [0.29, 0.717) is 5.56 Å². The van der Waals surface area contributed by atoms with Crippen LogP contribution in [0.25, 0.3) is 0 Å². The standard InChI is InChI=1S/C10H9N3O3/c11-13-10(16)8-4-7(5-12-6-8)2-1-3-9(14)15/h4-6H,3,11H2,(H,13,16)(H,14,15). The largest absolute Gasteiger partial charge is 0.481 e. The molecule has 0 spiro atoms. The van der Waals surface area contributed by atoms with Gasteiger partial charge in [-0.2, -0.15) is 0 Å². The predicted molar refractivity (Wildman–Crippen MR) is 55.0 cm³/mol. The van der Waals surface area contributed by atoms with Gasteiger partial charge in [0.2, 0.25) is 0 Å². The van der Waals surface area contributed by atoms with Gasteiger partial charge in [0.15, 0.2) is 0 Å². The first-order valence-electron chi connectivity index (χ1n) is 4.30. The second-order valence-electron chi connectivity index (χ2n) is 2.81. The zero-order valence-corrected chi connectivity index (χ0v) is 8.23. The number of rotatable bonds is 2. The van der Waals surface area contributed by atoms with Gasteiger partial charge in [-0.05, 0) is 6.07 Å². The summed E-state index contributed by atoms with van der Waals surface area (Å²) in [7, 11) is 0. The highest BCUT2D eigenvalue weighted by Gasteiger charge is 2.03. The second-order valence-corrected chi connectivity index (χ2v) is 2.81. The summed E-state index contributed by atoms with van der Waals surface area (Å²) in [6.45, 7) is 0. The Balaban J connectivity index is 2.85. The van der Waals surface area contributed by atoms with E-state index < -0.39 is 11.9 Å². The first-order chi connectivity index (χ1) is 7.63. The maximum atomic E-state index is 11.1. The van der Waals surface area contributed by atoms with Crippen molar-refractivity contribution in [2.75, 3.05) is 0 Å². The Morgan fingerprint density at radius 2 is 2.25 bits per heavy atom. The highest BCUT2D eigenvalue weighted by molar-refractivity contribution is 5.93. The molecule has 0 aliphatic heterocycles. The molecule has 1 heterocycles. The number of hydrazine groups is 1. The van der Waals surface area contributed by atoms with Gasteiger partial charge < -0.3 is 5.11 Å². The molecule has 1 rings (SSSR count). The Kier molecular flexibility index (Phi) is 4.00. The van der Waals surface area contributed by atoms with E-state index in [1.165, 1.54) is 18.5 Å². The molecule has 0 saturated heterocycles. The van der Waals surface area contributed by atoms with Crippen LogP contribution in [0.4, 0.5) is 0 Å². The van der Waals surface area contributed by atoms with Gasteiger partial charge in [-0.25, -0.2) is 5.84 Å². The van der Waals surface area contributed by atoms with Gasteiger partial charge >= 0.3 is 5.97 Å². The van der Waals surface area contributed by atoms with Gasteiger partial charge in [0.05, 0.1) is 5.56 Å². The Hall–Kier alpha value is -2.39. The normalized spacial score (nSPS) is 8.81. The smallest absolute Gasteiger partial charge is 0.315 e. The van der Waals surface area contributed by atoms with E-state index in [2.05, 4.69) is 16.8 Å². The van der Waals surface area contributed by atoms with Crippen LogP contribution in [0.3, 0.4) is 0 Å². The summed E-state index contributed by atoms with van der Waals surface area (Å²) in [5.74, 6) is 8.49. The van der Waals surface area contributed by atoms with Crippen molar-refractivity contribution in [1.29, 1.82) is 0 Å². The van der Waals surface area contributed by atoms with Gasteiger partial charge in [0.1, 0.15) is 6.42 Å². The van der Waals surface area contributed by atoms with Gasteiger partial charge in [-0.1, -0.05) is 11.8 Å². The second kappa shape index (κ2) is 5.48. The van der Waals surface area contributed by atoms with Crippen molar-refractivity contribution in [3.63, 3.8) is 0 Å². The molecule has 82 valence electrons. The van der Waals surface area contributed by atoms with Crippen LogP contribution in [0.1, 0.15) is 22.3 Å². The molecule has 1 aromatic heterocycles. The number of amides is 1. The third-order valence-electron chi connectivity index (χ3n) is 1.60. The number of carbonyl (C=O) groups excluding carboxylic acids is 1. The van der Waals surface area contributed by atoms with Gasteiger partial charge in [0, 0.05) is 18.0 Å². The van der Waals surface area contributed by atoms with E-state index in [9.17, 15) is 9.59 Å². The van der Waals surface area contributed by atoms with Crippen LogP contribution in [0.5, 0.6) is 0 Å². The topological polar surface area (TPSA) is 105 Å². The number of nitrogens with zero attached hydrogens (tertiary/aromatic N) is 1. The van der Waals surface area contributed by atoms with Gasteiger partial charge in [0.25, 0.3) is 5.91 Å². The van der Waals surface area contributed by atoms with E-state index in [4.69, 9.17) is 10.9 Å². The van der Waals surface area contributed by atoms with Crippen molar-refractivity contribution < 1.29 is 14.7 Å². The molecule has 0 bridgehead atoms. The fraction of sp³-hybridized carbons (Fsp3) is 0.100. The van der Waals surface area contributed by atoms with Crippen LogP contribution >= 0.6 is 0 Å². The van der Waals surface area contributed by atoms with Crippen LogP contribution in [-0.2, 0) is 4.79 Å². The average molecular weight is 219 g/mol. The molecule has 0 atom stereocenters. The minimum atomic E-state index is -1.00. The molecule has 0 radical (unpaired) electrons. The van der Waals surface area contributed by atoms with E-state index >= 15 is 0 Å². The number of nitrogen functional groups attached to an aromatic ring is 1. The number of aliphatic carboxylic acids is 1. The number of carboxylic acids is 1. The quantitative estimate of drug-likeness (QED) is 0.269. The maximum Gasteiger partial charge on any atom is 0.315 e. The lowest BCUT2D eigenvalue weighted by molar-refractivity contribution is -0.135. The van der Waals surface area contributed by atoms with Crippen molar-refractivity contribution in [3.8, 4) is 11.8 Å². The molecular formula is C10H9N3O3. The molecule has 0 saturated carbocycles. The van der Waals surface area contributed by atoms with Crippen LogP contribution < -0.4 is 11.3 Å². The number of carboxylic acid groups (broad SMARTS) is 1. The van der Waals surface area contributed by atoms with Crippen molar-refractivity contribution in [3.05, 3.63) is 29.6 Å². The van der Waals surface area contributed by atoms with Crippen molar-refractivity contribution >= 4 is 11.9 Å². The highest BCUT2D eigenvalue weighted by atomic mass is 16.4. The van der Waals surface area contributed by atoms with Crippen LogP contribution in [0.15, 0.2) is 18.5 Å². The number of nitrogens with two attached hydrogens (primary N) is 1. The summed E-state index contributed by atoms with van der Waals surface area (Å²) >= 11 is 0. The minimum absolute atomic E-state index is 0.257. The summed E-state index contributed by atoms with van der Waals surface area (Å²) in [5.41, 5.74) is 2.69. The molecule has 1 amide bonds. The first-order valence-corrected chi connectivity index (χ1v) is 4.30. The average Bonchev–Trinajstić information content (AvgIpc) is 2.28. The molecule has 0 aliphatic carbocycles. The number of pyridine rings is 1. The fourth-order valence-corrected chi connectivity index (χ4v) is 0.938. The molecule has 16 heavy (non-hydrogen) atoms. The van der Waals surface area contributed by atoms with Crippen LogP contribution in [0, 0.1) is 11.8 Å². The molecule has 0 unspecified atom stereocenters. The predicted octanol–water partition coefficient (Wildman–Crippen LogP) is -0.489. The molecule has 0 aliphatic rings. The lowest BCUT2D eigenvalue weighted by atomic mass is 10.2. The summed E-state index contributed by atoms with van der Waals surface area (Å²) in [5, 5.41) is 8.37. The van der Waals surface area contributed by atoms with Gasteiger partial charge in [-0.15, -0.1) is 0 Å². The maximum absolute atomic E-state index is 11.1. The van der Waals surface area contributed by atoms with Crippen molar-refractivity contribution in [2.24, 2.45) is 5.84 Å². The summed E-state index contributed by atoms with van der Waals surface area (Å²) in [6.07, 6.45) is 2.51. The number of nitrogens with one attached hydrogen (secondary N) is 1. The Morgan fingerprint density at radius 1 is 1.50 bits per heavy atom. The van der Waals surface area contributed by atoms with Crippen molar-refractivity contribution in [2.45, 2.75) is 6.42 Å². The Bertz CT molecular complexity index is 474. The van der Waals surface area contributed by atoms with E-state index in [1.807, 2.05) is 5.43 Å². The number of carbonyl (C=O) groups is 2. The van der Waals surface area contributed by atoms with Crippen LogP contribution in [-0.4, -0.2) is 22.0 Å². The van der Waals surface area contributed by atoms with Crippen LogP contribution in [0.2, 0.25) is 0 Å². The Labute approximate surface area is 91.5 Å². The summed E-state index contributed by atoms with van der Waals surface area (Å²) in [6, 6.07) is 1.48. The molecule has 0 fully saturated rings. The van der Waals surface area contributed by atoms with E-state index in [1.54, 1.807) is 0 Å². The van der Waals surface area contributed by atoms with Crippen molar-refractivity contribution in [1.82, 2.24) is 10.4 Å². The summed E-state index contributed by atoms with van der Waals surface area (Å²) < 4.78 is 0. The van der Waals surface area contributed by atoms with E-state index in [0.717, 1.165) is 0 Å². The molecule has 6 heteroatoms. The summed E-state index contributed by atoms with van der Waals surface area (Å²) in [4.78, 5) is 25.1. The zero-order valence-electron chi connectivity index (χ0n) is 8.23. The van der Waals surface area contributed by atoms with E-state index in [-0.39, 0.29) is 12.0 Å². The zero-order chi connectivity index (χ0) is 12.0. The molecule has 4 N–H and O–H groups in total. The number of hydrogen-bond donors (Lipinski definition) is 3. The Morgan fingerprint density at radius 3 is 2.88 bits per heavy atom. The SMILES string of the molecule is NNC(=O)c1cncc(C#CCC(=O)O)c1. The molecular weight excluding hydrogens is 210 g/mol. The lowest BCUT2D eigenvalue weighted by Crippen LogP contribution is -2.30. The fourth-order valence-electron chi connectivity index (χ4n) is 0.938. The molecule has 6 nitrogen and oxygen atoms in total. The minimum Gasteiger partial charge on any atom is -0.481 e. The first kappa shape index (κ1) is 11.7. The van der Waals surface area contributed by atoms with Gasteiger partial charge in [-0.3, -0.25) is 20.0 Å². The number of aromatic nitrogens is 1.